The zero-order valence-electron chi connectivity index (χ0n) is 20.4. The summed E-state index contributed by atoms with van der Waals surface area (Å²) in [5, 5.41) is 15.9. The summed E-state index contributed by atoms with van der Waals surface area (Å²) in [5.41, 5.74) is 4.94. The number of aryl methyl sites for hydroxylation is 2. The van der Waals surface area contributed by atoms with Crippen LogP contribution in [0.3, 0.4) is 0 Å². The predicted molar refractivity (Wildman–Crippen MR) is 145 cm³/mol. The van der Waals surface area contributed by atoms with Crippen molar-refractivity contribution < 1.29 is 9.53 Å². The van der Waals surface area contributed by atoms with Crippen LogP contribution in [-0.2, 0) is 12.3 Å². The molecule has 4 rings (SSSR count). The molecule has 36 heavy (non-hydrogen) atoms. The van der Waals surface area contributed by atoms with Crippen LogP contribution in [0.15, 0.2) is 71.9 Å². The lowest BCUT2D eigenvalue weighted by Crippen LogP contribution is -2.29. The van der Waals surface area contributed by atoms with E-state index in [0.717, 1.165) is 22.2 Å². The first-order valence-corrected chi connectivity index (χ1v) is 13.0. The number of nitrogens with zero attached hydrogens (tertiary/aromatic N) is 3. The van der Waals surface area contributed by atoms with E-state index >= 15 is 0 Å². The topological polar surface area (TPSA) is 81.1 Å². The third-order valence-corrected chi connectivity index (χ3v) is 6.79. The molecule has 7 nitrogen and oxygen atoms in total. The van der Waals surface area contributed by atoms with Crippen molar-refractivity contribution >= 4 is 35.1 Å². The second-order valence-corrected chi connectivity index (χ2v) is 9.50. The highest BCUT2D eigenvalue weighted by Gasteiger charge is 2.18. The van der Waals surface area contributed by atoms with Gasteiger partial charge in [0.15, 0.2) is 11.0 Å². The van der Waals surface area contributed by atoms with Crippen molar-refractivity contribution in [2.75, 3.05) is 11.9 Å². The van der Waals surface area contributed by atoms with Crippen LogP contribution in [0.4, 0.5) is 10.5 Å². The Hall–Kier alpha value is -3.49. The van der Waals surface area contributed by atoms with E-state index in [0.29, 0.717) is 28.9 Å². The van der Waals surface area contributed by atoms with Gasteiger partial charge in [0.1, 0.15) is 5.75 Å². The molecule has 186 valence electrons. The highest BCUT2D eigenvalue weighted by molar-refractivity contribution is 7.98. The molecule has 0 spiro atoms. The Balaban J connectivity index is 1.56. The number of nitrogens with one attached hydrogen (secondary N) is 2. The molecule has 0 bridgehead atoms. The molecule has 0 radical (unpaired) electrons. The maximum absolute atomic E-state index is 12.7. The van der Waals surface area contributed by atoms with Crippen LogP contribution in [0.25, 0.3) is 5.69 Å². The Labute approximate surface area is 220 Å². The molecule has 1 aromatic heterocycles. The van der Waals surface area contributed by atoms with Gasteiger partial charge in [-0.15, -0.1) is 10.2 Å². The SMILES string of the molecule is CCOc1ccccc1NC(=O)NCc1nnc(SCc2ccccc2C)n1-c1cc(Cl)ccc1C. The third kappa shape index (κ3) is 6.19. The molecule has 0 saturated heterocycles. The summed E-state index contributed by atoms with van der Waals surface area (Å²) in [5.74, 6) is 1.95. The van der Waals surface area contributed by atoms with Gasteiger partial charge in [0.25, 0.3) is 0 Å². The van der Waals surface area contributed by atoms with Crippen LogP contribution in [0.1, 0.15) is 29.4 Å². The molecule has 0 unspecified atom stereocenters. The Morgan fingerprint density at radius 3 is 2.61 bits per heavy atom. The van der Waals surface area contributed by atoms with E-state index in [1.54, 1.807) is 17.8 Å². The first kappa shape index (κ1) is 25.6. The normalized spacial score (nSPS) is 10.8. The van der Waals surface area contributed by atoms with E-state index in [4.69, 9.17) is 16.3 Å². The standard InChI is InChI=1S/C27H28ClN5O2S/c1-4-35-24-12-8-7-11-22(24)30-26(34)29-16-25-31-32-27(36-17-20-10-6-5-9-18(20)2)33(25)23-15-21(28)14-13-19(23)3/h5-15H,4,16-17H2,1-3H3,(H2,29,30,34). The van der Waals surface area contributed by atoms with Crippen LogP contribution in [0, 0.1) is 13.8 Å². The molecule has 0 aliphatic rings. The number of amides is 2. The van der Waals surface area contributed by atoms with E-state index in [1.807, 2.05) is 66.9 Å². The third-order valence-electron chi connectivity index (χ3n) is 5.57. The van der Waals surface area contributed by atoms with Gasteiger partial charge >= 0.3 is 6.03 Å². The van der Waals surface area contributed by atoms with Gasteiger partial charge in [-0.25, -0.2) is 4.79 Å². The van der Waals surface area contributed by atoms with Crippen molar-refractivity contribution in [2.45, 2.75) is 38.2 Å². The van der Waals surface area contributed by atoms with E-state index in [1.165, 1.54) is 11.1 Å². The molecule has 0 fully saturated rings. The van der Waals surface area contributed by atoms with E-state index in [-0.39, 0.29) is 12.6 Å². The van der Waals surface area contributed by atoms with Crippen LogP contribution in [-0.4, -0.2) is 27.4 Å². The zero-order valence-corrected chi connectivity index (χ0v) is 22.0. The van der Waals surface area contributed by atoms with Gasteiger partial charge in [-0.2, -0.15) is 0 Å². The fourth-order valence-corrected chi connectivity index (χ4v) is 4.87. The Kier molecular flexibility index (Phi) is 8.51. The molecular formula is C27H28ClN5O2S. The van der Waals surface area contributed by atoms with Crippen molar-refractivity contribution in [1.82, 2.24) is 20.1 Å². The van der Waals surface area contributed by atoms with Crippen molar-refractivity contribution in [3.05, 3.63) is 94.3 Å². The van der Waals surface area contributed by atoms with Crippen LogP contribution in [0.2, 0.25) is 5.02 Å². The predicted octanol–water partition coefficient (Wildman–Crippen LogP) is 6.55. The van der Waals surface area contributed by atoms with Gasteiger partial charge in [0.05, 0.1) is 24.5 Å². The maximum atomic E-state index is 12.7. The minimum absolute atomic E-state index is 0.173. The monoisotopic (exact) mass is 521 g/mol. The Morgan fingerprint density at radius 1 is 1.03 bits per heavy atom. The number of aromatic nitrogens is 3. The summed E-state index contributed by atoms with van der Waals surface area (Å²) < 4.78 is 7.55. The van der Waals surface area contributed by atoms with Crippen molar-refractivity contribution in [2.24, 2.45) is 0 Å². The van der Waals surface area contributed by atoms with Crippen molar-refractivity contribution in [3.8, 4) is 11.4 Å². The number of urea groups is 1. The van der Waals surface area contributed by atoms with E-state index < -0.39 is 0 Å². The van der Waals surface area contributed by atoms with Gasteiger partial charge in [-0.05, 0) is 61.7 Å². The summed E-state index contributed by atoms with van der Waals surface area (Å²) >= 11 is 7.93. The molecule has 0 saturated carbocycles. The smallest absolute Gasteiger partial charge is 0.319 e. The molecular weight excluding hydrogens is 494 g/mol. The number of para-hydroxylation sites is 2. The van der Waals surface area contributed by atoms with Gasteiger partial charge in [-0.1, -0.05) is 65.8 Å². The second-order valence-electron chi connectivity index (χ2n) is 8.12. The number of thioether (sulfide) groups is 1. The largest absolute Gasteiger partial charge is 0.492 e. The lowest BCUT2D eigenvalue weighted by molar-refractivity contribution is 0.251. The first-order valence-electron chi connectivity index (χ1n) is 11.6. The minimum atomic E-state index is -0.367. The van der Waals surface area contributed by atoms with Gasteiger partial charge < -0.3 is 15.4 Å². The molecule has 9 heteroatoms. The highest BCUT2D eigenvalue weighted by Crippen LogP contribution is 2.29. The molecule has 3 aromatic carbocycles. The van der Waals surface area contributed by atoms with Gasteiger partial charge in [-0.3, -0.25) is 4.57 Å². The van der Waals surface area contributed by atoms with E-state index in [9.17, 15) is 4.79 Å². The number of ether oxygens (including phenoxy) is 1. The second kappa shape index (κ2) is 12.0. The average molecular weight is 522 g/mol. The summed E-state index contributed by atoms with van der Waals surface area (Å²) in [6.45, 7) is 6.68. The fraction of sp³-hybridized carbons (Fsp3) is 0.222. The Morgan fingerprint density at radius 2 is 1.81 bits per heavy atom. The molecule has 1 heterocycles. The lowest BCUT2D eigenvalue weighted by atomic mass is 10.1. The number of hydrogen-bond acceptors (Lipinski definition) is 5. The molecule has 4 aromatic rings. The number of rotatable bonds is 9. The number of benzene rings is 3. The zero-order chi connectivity index (χ0) is 25.5. The minimum Gasteiger partial charge on any atom is -0.492 e. The summed E-state index contributed by atoms with van der Waals surface area (Å²) in [7, 11) is 0. The number of halogens is 1. The first-order chi connectivity index (χ1) is 17.5. The van der Waals surface area contributed by atoms with Crippen LogP contribution >= 0.6 is 23.4 Å². The number of hydrogen-bond donors (Lipinski definition) is 2. The Bertz CT molecular complexity index is 1360. The molecule has 0 aliphatic heterocycles. The summed E-state index contributed by atoms with van der Waals surface area (Å²) in [6.07, 6.45) is 0. The van der Waals surface area contributed by atoms with Gasteiger partial charge in [0, 0.05) is 10.8 Å². The fourth-order valence-electron chi connectivity index (χ4n) is 3.67. The molecule has 2 amide bonds. The lowest BCUT2D eigenvalue weighted by Gasteiger charge is -2.15. The quantitative estimate of drug-likeness (QED) is 0.244. The molecule has 0 aliphatic carbocycles. The summed E-state index contributed by atoms with van der Waals surface area (Å²) in [4.78, 5) is 12.7. The van der Waals surface area contributed by atoms with Crippen LogP contribution < -0.4 is 15.4 Å². The van der Waals surface area contributed by atoms with Crippen LogP contribution in [0.5, 0.6) is 5.75 Å². The summed E-state index contributed by atoms with van der Waals surface area (Å²) in [6, 6.07) is 20.9. The van der Waals surface area contributed by atoms with Gasteiger partial charge in [0.2, 0.25) is 0 Å². The number of anilines is 1. The highest BCUT2D eigenvalue weighted by atomic mass is 35.5. The maximum Gasteiger partial charge on any atom is 0.319 e. The number of carbonyl (C=O) groups is 1. The van der Waals surface area contributed by atoms with Crippen molar-refractivity contribution in [3.63, 3.8) is 0 Å². The van der Waals surface area contributed by atoms with Crippen molar-refractivity contribution in [1.29, 1.82) is 0 Å². The average Bonchev–Trinajstić information content (AvgIpc) is 3.27. The molecule has 2 N–H and O–H groups in total. The van der Waals surface area contributed by atoms with E-state index in [2.05, 4.69) is 39.9 Å². The number of carbonyl (C=O) groups excluding carboxylic acids is 1. The molecule has 0 atom stereocenters.